The lowest BCUT2D eigenvalue weighted by Crippen LogP contribution is -2.39. The van der Waals surface area contributed by atoms with Gasteiger partial charge in [0.2, 0.25) is 0 Å². The summed E-state index contributed by atoms with van der Waals surface area (Å²) < 4.78 is 0. The summed E-state index contributed by atoms with van der Waals surface area (Å²) in [5.41, 5.74) is 1.03. The summed E-state index contributed by atoms with van der Waals surface area (Å²) >= 11 is 12.0. The number of hydrogen-bond donors (Lipinski definition) is 0. The molecule has 90 valence electrons. The number of anilines is 1. The van der Waals surface area contributed by atoms with Gasteiger partial charge in [0, 0.05) is 28.3 Å². The van der Waals surface area contributed by atoms with Crippen molar-refractivity contribution >= 4 is 28.9 Å². The summed E-state index contributed by atoms with van der Waals surface area (Å²) in [7, 11) is 0. The molecule has 0 aromatic heterocycles. The van der Waals surface area contributed by atoms with E-state index in [2.05, 4.69) is 11.0 Å². The van der Waals surface area contributed by atoms with Crippen molar-refractivity contribution in [3.8, 4) is 6.07 Å². The van der Waals surface area contributed by atoms with Gasteiger partial charge in [0.1, 0.15) is 0 Å². The topological polar surface area (TPSA) is 27.0 Å². The molecule has 0 bridgehead atoms. The van der Waals surface area contributed by atoms with E-state index in [4.69, 9.17) is 28.5 Å². The van der Waals surface area contributed by atoms with Crippen LogP contribution in [0.2, 0.25) is 10.0 Å². The van der Waals surface area contributed by atoms with Crippen LogP contribution in [0.1, 0.15) is 25.7 Å². The van der Waals surface area contributed by atoms with Crippen molar-refractivity contribution < 1.29 is 0 Å². The van der Waals surface area contributed by atoms with E-state index in [1.807, 2.05) is 12.1 Å². The lowest BCUT2D eigenvalue weighted by molar-refractivity contribution is 0.464. The van der Waals surface area contributed by atoms with Gasteiger partial charge >= 0.3 is 0 Å². The van der Waals surface area contributed by atoms with Crippen molar-refractivity contribution in [2.75, 3.05) is 11.4 Å². The van der Waals surface area contributed by atoms with Crippen LogP contribution in [0.4, 0.5) is 5.69 Å². The fraction of sp³-hybridized carbons (Fsp3) is 0.462. The van der Waals surface area contributed by atoms with Gasteiger partial charge in [-0.1, -0.05) is 23.2 Å². The molecule has 0 aliphatic carbocycles. The molecule has 1 aliphatic heterocycles. The smallest absolute Gasteiger partial charge is 0.0643 e. The van der Waals surface area contributed by atoms with Crippen molar-refractivity contribution in [2.24, 2.45) is 0 Å². The Morgan fingerprint density at radius 2 is 1.94 bits per heavy atom. The monoisotopic (exact) mass is 268 g/mol. The molecule has 1 aliphatic rings. The van der Waals surface area contributed by atoms with E-state index in [-0.39, 0.29) is 0 Å². The molecule has 1 unspecified atom stereocenters. The molecule has 0 amide bonds. The molecule has 1 aromatic carbocycles. The molecule has 17 heavy (non-hydrogen) atoms. The van der Waals surface area contributed by atoms with Gasteiger partial charge in [-0.3, -0.25) is 0 Å². The lowest BCUT2D eigenvalue weighted by Gasteiger charge is -2.36. The Hall–Kier alpha value is -0.910. The van der Waals surface area contributed by atoms with Gasteiger partial charge in [0.25, 0.3) is 0 Å². The quantitative estimate of drug-likeness (QED) is 0.801. The molecule has 1 atom stereocenters. The van der Waals surface area contributed by atoms with E-state index >= 15 is 0 Å². The van der Waals surface area contributed by atoms with Gasteiger partial charge in [0.15, 0.2) is 0 Å². The minimum absolute atomic E-state index is 0.295. The zero-order valence-electron chi connectivity index (χ0n) is 9.50. The third kappa shape index (κ3) is 3.06. The molecular weight excluding hydrogens is 255 g/mol. The first kappa shape index (κ1) is 12.5. The number of halogens is 2. The van der Waals surface area contributed by atoms with Gasteiger partial charge in [-0.2, -0.15) is 5.26 Å². The molecular formula is C13H14Cl2N2. The van der Waals surface area contributed by atoms with Gasteiger partial charge in [-0.25, -0.2) is 0 Å². The van der Waals surface area contributed by atoms with Crippen molar-refractivity contribution in [1.82, 2.24) is 0 Å². The van der Waals surface area contributed by atoms with Crippen molar-refractivity contribution in [1.29, 1.82) is 5.26 Å². The average Bonchev–Trinajstić information content (AvgIpc) is 2.29. The molecule has 0 saturated carbocycles. The first-order valence-electron chi connectivity index (χ1n) is 5.80. The third-order valence-electron chi connectivity index (χ3n) is 3.13. The second-order valence-electron chi connectivity index (χ2n) is 4.33. The summed E-state index contributed by atoms with van der Waals surface area (Å²) in [5.74, 6) is 0. The highest BCUT2D eigenvalue weighted by atomic mass is 35.5. The second-order valence-corrected chi connectivity index (χ2v) is 5.21. The maximum atomic E-state index is 8.86. The Morgan fingerprint density at radius 1 is 1.24 bits per heavy atom. The number of nitrogens with zero attached hydrogens (tertiary/aromatic N) is 2. The Balaban J connectivity index is 2.26. The van der Waals surface area contributed by atoms with Gasteiger partial charge < -0.3 is 4.90 Å². The summed E-state index contributed by atoms with van der Waals surface area (Å²) in [6, 6.07) is 8.12. The normalized spacial score (nSPS) is 20.1. The summed E-state index contributed by atoms with van der Waals surface area (Å²) in [6.45, 7) is 0.975. The summed E-state index contributed by atoms with van der Waals surface area (Å²) in [5, 5.41) is 10.2. The minimum atomic E-state index is 0.295. The molecule has 0 radical (unpaired) electrons. The number of nitriles is 1. The van der Waals surface area contributed by atoms with E-state index in [0.717, 1.165) is 25.1 Å². The Bertz CT molecular complexity index is 419. The Kier molecular flexibility index (Phi) is 4.15. The highest BCUT2D eigenvalue weighted by Gasteiger charge is 2.22. The third-order valence-corrected chi connectivity index (χ3v) is 3.57. The predicted molar refractivity (Wildman–Crippen MR) is 71.7 cm³/mol. The zero-order chi connectivity index (χ0) is 12.3. The fourth-order valence-corrected chi connectivity index (χ4v) is 2.88. The highest BCUT2D eigenvalue weighted by Crippen LogP contribution is 2.31. The summed E-state index contributed by atoms with van der Waals surface area (Å²) in [6.07, 6.45) is 3.98. The van der Waals surface area contributed by atoms with Crippen LogP contribution < -0.4 is 4.90 Å². The van der Waals surface area contributed by atoms with E-state index < -0.39 is 0 Å². The first-order valence-corrected chi connectivity index (χ1v) is 6.56. The lowest BCUT2D eigenvalue weighted by atomic mass is 9.99. The molecule has 0 spiro atoms. The first-order chi connectivity index (χ1) is 8.20. The van der Waals surface area contributed by atoms with Crippen molar-refractivity contribution in [3.05, 3.63) is 28.2 Å². The maximum Gasteiger partial charge on any atom is 0.0643 e. The largest absolute Gasteiger partial charge is 0.367 e. The van der Waals surface area contributed by atoms with Crippen LogP contribution >= 0.6 is 23.2 Å². The molecule has 2 nitrogen and oxygen atoms in total. The molecule has 1 aromatic rings. The number of hydrogen-bond acceptors (Lipinski definition) is 2. The van der Waals surface area contributed by atoms with Crippen LogP contribution in [-0.4, -0.2) is 12.6 Å². The van der Waals surface area contributed by atoms with Crippen LogP contribution in [0, 0.1) is 11.3 Å². The minimum Gasteiger partial charge on any atom is -0.367 e. The number of rotatable bonds is 2. The maximum absolute atomic E-state index is 8.86. The van der Waals surface area contributed by atoms with Crippen LogP contribution in [0.3, 0.4) is 0 Å². The second kappa shape index (κ2) is 5.62. The van der Waals surface area contributed by atoms with Crippen molar-refractivity contribution in [2.45, 2.75) is 31.7 Å². The van der Waals surface area contributed by atoms with Gasteiger partial charge in [-0.15, -0.1) is 0 Å². The number of piperidine rings is 1. The highest BCUT2D eigenvalue weighted by molar-refractivity contribution is 6.35. The molecule has 1 saturated heterocycles. The molecule has 1 fully saturated rings. The van der Waals surface area contributed by atoms with E-state index in [9.17, 15) is 0 Å². The van der Waals surface area contributed by atoms with Crippen LogP contribution in [0.5, 0.6) is 0 Å². The predicted octanol–water partition coefficient (Wildman–Crippen LogP) is 4.27. The molecule has 1 heterocycles. The molecule has 4 heteroatoms. The van der Waals surface area contributed by atoms with E-state index in [1.165, 1.54) is 6.42 Å². The van der Waals surface area contributed by atoms with Crippen molar-refractivity contribution in [3.63, 3.8) is 0 Å². The SMILES string of the molecule is N#CCC1CCCCN1c1cc(Cl)cc(Cl)c1. The molecule has 0 N–H and O–H groups in total. The van der Waals surface area contributed by atoms with Gasteiger partial charge in [0.05, 0.1) is 12.5 Å². The molecule has 2 rings (SSSR count). The fourth-order valence-electron chi connectivity index (χ4n) is 2.36. The standard InChI is InChI=1S/C13H14Cl2N2/c14-10-7-11(15)9-13(8-10)17-6-2-1-3-12(17)4-5-16/h7-9,12H,1-4,6H2. The van der Waals surface area contributed by atoms with Crippen LogP contribution in [-0.2, 0) is 0 Å². The van der Waals surface area contributed by atoms with Crippen LogP contribution in [0.15, 0.2) is 18.2 Å². The summed E-state index contributed by atoms with van der Waals surface area (Å²) in [4.78, 5) is 2.25. The Morgan fingerprint density at radius 3 is 2.59 bits per heavy atom. The Labute approximate surface area is 112 Å². The average molecular weight is 269 g/mol. The number of benzene rings is 1. The van der Waals surface area contributed by atoms with Gasteiger partial charge in [-0.05, 0) is 37.5 Å². The van der Waals surface area contributed by atoms with E-state index in [1.54, 1.807) is 6.07 Å². The van der Waals surface area contributed by atoms with Crippen LogP contribution in [0.25, 0.3) is 0 Å². The van der Waals surface area contributed by atoms with E-state index in [0.29, 0.717) is 22.5 Å². The zero-order valence-corrected chi connectivity index (χ0v) is 11.0.